The minimum Gasteiger partial charge on any atom is -0.486 e. The van der Waals surface area contributed by atoms with E-state index in [1.54, 1.807) is 31.2 Å². The maximum absolute atomic E-state index is 13.7. The number of carbonyl (C=O) groups excluding carboxylic acids is 1. The van der Waals surface area contributed by atoms with Crippen molar-refractivity contribution in [2.45, 2.75) is 17.7 Å². The van der Waals surface area contributed by atoms with Crippen LogP contribution in [0.3, 0.4) is 0 Å². The Morgan fingerprint density at radius 3 is 2.68 bits per heavy atom. The van der Waals surface area contributed by atoms with Gasteiger partial charge >= 0.3 is 5.97 Å². The van der Waals surface area contributed by atoms with E-state index < -0.39 is 26.6 Å². The molecule has 0 bridgehead atoms. The van der Waals surface area contributed by atoms with Crippen molar-refractivity contribution in [1.29, 1.82) is 0 Å². The van der Waals surface area contributed by atoms with Gasteiger partial charge in [-0.3, -0.25) is 10.1 Å². The second kappa shape index (κ2) is 7.55. The van der Waals surface area contributed by atoms with E-state index in [0.29, 0.717) is 5.70 Å². The Labute approximate surface area is 178 Å². The van der Waals surface area contributed by atoms with Crippen molar-refractivity contribution in [3.05, 3.63) is 86.1 Å². The minimum absolute atomic E-state index is 0.0407. The average Bonchev–Trinajstić information content (AvgIpc) is 2.86. The first-order chi connectivity index (χ1) is 14.8. The van der Waals surface area contributed by atoms with Crippen molar-refractivity contribution >= 4 is 21.5 Å². The molecule has 0 fully saturated rings. The number of nitrogens with one attached hydrogen (secondary N) is 1. The van der Waals surface area contributed by atoms with Gasteiger partial charge in [-0.05, 0) is 24.6 Å². The topological polar surface area (TPSA) is 125 Å². The Balaban J connectivity index is 2.02. The Hall–Kier alpha value is -3.66. The second-order valence-corrected chi connectivity index (χ2v) is 8.91. The average molecular weight is 442 g/mol. The molecule has 9 nitrogen and oxygen atoms in total. The van der Waals surface area contributed by atoms with Gasteiger partial charge in [0.15, 0.2) is 0 Å². The van der Waals surface area contributed by atoms with Crippen LogP contribution in [0.1, 0.15) is 18.4 Å². The number of nitrogens with zero attached hydrogens (tertiary/aromatic N) is 1. The summed E-state index contributed by atoms with van der Waals surface area (Å²) in [5.41, 5.74) is 0.767. The molecule has 31 heavy (non-hydrogen) atoms. The third kappa shape index (κ3) is 3.34. The fourth-order valence-electron chi connectivity index (χ4n) is 3.88. The Morgan fingerprint density at radius 1 is 1.23 bits per heavy atom. The normalized spacial score (nSPS) is 19.4. The van der Waals surface area contributed by atoms with Crippen molar-refractivity contribution in [3.63, 3.8) is 0 Å². The smallest absolute Gasteiger partial charge is 0.336 e. The number of para-hydroxylation sites is 1. The molecule has 0 saturated carbocycles. The predicted octanol–water partition coefficient (Wildman–Crippen LogP) is 2.81. The Bertz CT molecular complexity index is 1280. The molecule has 2 aromatic carbocycles. The van der Waals surface area contributed by atoms with Gasteiger partial charge in [-0.15, -0.1) is 0 Å². The van der Waals surface area contributed by atoms with Gasteiger partial charge in [-0.2, -0.15) is 0 Å². The van der Waals surface area contributed by atoms with E-state index in [9.17, 15) is 23.3 Å². The second-order valence-electron chi connectivity index (χ2n) is 7.02. The van der Waals surface area contributed by atoms with E-state index in [2.05, 4.69) is 5.32 Å². The van der Waals surface area contributed by atoms with E-state index >= 15 is 0 Å². The monoisotopic (exact) mass is 442 g/mol. The fourth-order valence-corrected chi connectivity index (χ4v) is 5.76. The number of sulfone groups is 1. The number of ether oxygens (including phenoxy) is 2. The van der Waals surface area contributed by atoms with Crippen molar-refractivity contribution in [2.75, 3.05) is 13.7 Å². The number of methoxy groups -OCH3 is 1. The van der Waals surface area contributed by atoms with Gasteiger partial charge in [0.05, 0.1) is 34.1 Å². The number of fused-ring (bicyclic) bond motifs is 1. The highest BCUT2D eigenvalue weighted by molar-refractivity contribution is 7.95. The summed E-state index contributed by atoms with van der Waals surface area (Å²) in [6.07, 6.45) is 0. The van der Waals surface area contributed by atoms with Gasteiger partial charge in [0.2, 0.25) is 9.84 Å². The van der Waals surface area contributed by atoms with Crippen molar-refractivity contribution in [3.8, 4) is 5.75 Å². The SMILES string of the molecule is COC(=O)C1=C(C)NC2=C(C1c1cccc([N+](=O)[O-])c1)S(=O)(=O)c1ccccc1OC2. The number of esters is 1. The van der Waals surface area contributed by atoms with Crippen LogP contribution in [0.2, 0.25) is 0 Å². The lowest BCUT2D eigenvalue weighted by Gasteiger charge is -2.30. The molecule has 0 radical (unpaired) electrons. The molecule has 4 rings (SSSR count). The number of non-ortho nitro benzene ring substituents is 1. The number of dihydropyridines is 1. The van der Waals surface area contributed by atoms with E-state index in [4.69, 9.17) is 9.47 Å². The standard InChI is InChI=1S/C21H18N2O7S/c1-12-18(21(24)29-2)19(13-6-5-7-14(10-13)23(25)26)20-15(22-12)11-30-16-8-3-4-9-17(16)31(20,27)28/h3-10,19,22H,11H2,1-2H3. The first-order valence-corrected chi connectivity index (χ1v) is 10.7. The molecule has 0 aliphatic carbocycles. The van der Waals surface area contributed by atoms with Crippen LogP contribution in [0.4, 0.5) is 5.69 Å². The van der Waals surface area contributed by atoms with Gasteiger partial charge in [-0.25, -0.2) is 13.2 Å². The quantitative estimate of drug-likeness (QED) is 0.437. The number of nitro benzene ring substituents is 1. The van der Waals surface area contributed by atoms with Gasteiger partial charge in [0, 0.05) is 17.8 Å². The maximum atomic E-state index is 13.7. The number of benzene rings is 2. The summed E-state index contributed by atoms with van der Waals surface area (Å²) >= 11 is 0. The van der Waals surface area contributed by atoms with Crippen LogP contribution in [-0.4, -0.2) is 33.0 Å². The third-order valence-electron chi connectivity index (χ3n) is 5.21. The maximum Gasteiger partial charge on any atom is 0.336 e. The molecule has 0 saturated heterocycles. The minimum atomic E-state index is -4.13. The zero-order valence-corrected chi connectivity index (χ0v) is 17.4. The van der Waals surface area contributed by atoms with Gasteiger partial charge in [-0.1, -0.05) is 24.3 Å². The zero-order valence-electron chi connectivity index (χ0n) is 16.6. The highest BCUT2D eigenvalue weighted by atomic mass is 32.2. The molecule has 1 N–H and O–H groups in total. The molecule has 0 aromatic heterocycles. The summed E-state index contributed by atoms with van der Waals surface area (Å²) in [6, 6.07) is 11.8. The van der Waals surface area contributed by atoms with Crippen LogP contribution in [-0.2, 0) is 19.4 Å². The van der Waals surface area contributed by atoms with E-state index in [1.165, 1.54) is 31.4 Å². The van der Waals surface area contributed by atoms with Crippen molar-refractivity contribution in [1.82, 2.24) is 5.32 Å². The lowest BCUT2D eigenvalue weighted by molar-refractivity contribution is -0.384. The lowest BCUT2D eigenvalue weighted by atomic mass is 9.86. The van der Waals surface area contributed by atoms with Crippen LogP contribution in [0.15, 0.2) is 75.3 Å². The molecule has 0 amide bonds. The van der Waals surface area contributed by atoms with E-state index in [0.717, 1.165) is 0 Å². The first kappa shape index (κ1) is 20.6. The van der Waals surface area contributed by atoms with Crippen LogP contribution in [0.25, 0.3) is 0 Å². The summed E-state index contributed by atoms with van der Waals surface area (Å²) in [5, 5.41) is 14.3. The summed E-state index contributed by atoms with van der Waals surface area (Å²) < 4.78 is 38.1. The van der Waals surface area contributed by atoms with Gasteiger partial charge in [0.25, 0.3) is 5.69 Å². The number of carbonyl (C=O) groups is 1. The Morgan fingerprint density at radius 2 is 1.97 bits per heavy atom. The van der Waals surface area contributed by atoms with Crippen LogP contribution in [0, 0.1) is 10.1 Å². The third-order valence-corrected chi connectivity index (χ3v) is 7.19. The summed E-state index contributed by atoms with van der Waals surface area (Å²) in [4.78, 5) is 23.3. The number of rotatable bonds is 3. The molecule has 2 aliphatic rings. The highest BCUT2D eigenvalue weighted by Gasteiger charge is 2.44. The highest BCUT2D eigenvalue weighted by Crippen LogP contribution is 2.46. The first-order valence-electron chi connectivity index (χ1n) is 9.26. The molecule has 0 spiro atoms. The number of hydrogen-bond donors (Lipinski definition) is 1. The molecular formula is C21H18N2O7S. The fraction of sp³-hybridized carbons (Fsp3) is 0.190. The number of hydrogen-bond acceptors (Lipinski definition) is 8. The zero-order chi connectivity index (χ0) is 22.3. The largest absolute Gasteiger partial charge is 0.486 e. The van der Waals surface area contributed by atoms with Gasteiger partial charge in [0.1, 0.15) is 17.3 Å². The van der Waals surface area contributed by atoms with Crippen LogP contribution < -0.4 is 10.1 Å². The molecule has 2 aromatic rings. The molecular weight excluding hydrogens is 424 g/mol. The predicted molar refractivity (Wildman–Crippen MR) is 110 cm³/mol. The molecule has 1 atom stereocenters. The van der Waals surface area contributed by atoms with Crippen LogP contribution in [0.5, 0.6) is 5.75 Å². The molecule has 1 unspecified atom stereocenters. The van der Waals surface area contributed by atoms with E-state index in [-0.39, 0.29) is 44.7 Å². The molecule has 160 valence electrons. The summed E-state index contributed by atoms with van der Waals surface area (Å²) in [7, 11) is -2.94. The molecule has 2 heterocycles. The van der Waals surface area contributed by atoms with Gasteiger partial charge < -0.3 is 14.8 Å². The number of nitro groups is 1. The molecule has 2 aliphatic heterocycles. The van der Waals surface area contributed by atoms with E-state index in [1.807, 2.05) is 0 Å². The lowest BCUT2D eigenvalue weighted by Crippen LogP contribution is -2.33. The van der Waals surface area contributed by atoms with Crippen molar-refractivity contribution in [2.24, 2.45) is 0 Å². The van der Waals surface area contributed by atoms with Crippen LogP contribution >= 0.6 is 0 Å². The Kier molecular flexibility index (Phi) is 5.02. The summed E-state index contributed by atoms with van der Waals surface area (Å²) in [5.74, 6) is -1.65. The number of allylic oxidation sites excluding steroid dienone is 2. The molecule has 10 heteroatoms. The van der Waals surface area contributed by atoms with Crippen molar-refractivity contribution < 1.29 is 27.6 Å². The summed E-state index contributed by atoms with van der Waals surface area (Å²) in [6.45, 7) is 1.54.